The van der Waals surface area contributed by atoms with Crippen LogP contribution >= 0.6 is 22.7 Å². The van der Waals surface area contributed by atoms with Gasteiger partial charge in [-0.25, -0.2) is 9.97 Å². The minimum absolute atomic E-state index is 0.0962. The summed E-state index contributed by atoms with van der Waals surface area (Å²) in [5, 5.41) is 3.80. The number of amides is 1. The number of hydrogen-bond acceptors (Lipinski definition) is 6. The Hall–Kier alpha value is -1.99. The van der Waals surface area contributed by atoms with Crippen LogP contribution in [-0.2, 0) is 6.54 Å². The van der Waals surface area contributed by atoms with Gasteiger partial charge in [-0.15, -0.1) is 22.7 Å². The molecule has 0 unspecified atom stereocenters. The number of nitrogens with zero attached hydrogens (tertiary/aromatic N) is 3. The third-order valence-electron chi connectivity index (χ3n) is 3.11. The maximum absolute atomic E-state index is 12.6. The fourth-order valence-electron chi connectivity index (χ4n) is 2.08. The van der Waals surface area contributed by atoms with E-state index in [0.29, 0.717) is 17.1 Å². The van der Waals surface area contributed by atoms with E-state index < -0.39 is 0 Å². The van der Waals surface area contributed by atoms with E-state index in [9.17, 15) is 4.79 Å². The van der Waals surface area contributed by atoms with Crippen LogP contribution in [0.25, 0.3) is 10.2 Å². The van der Waals surface area contributed by atoms with Crippen molar-refractivity contribution in [3.63, 3.8) is 0 Å². The minimum Gasteiger partial charge on any atom is -0.397 e. The van der Waals surface area contributed by atoms with Gasteiger partial charge < -0.3 is 10.6 Å². The first-order valence-corrected chi connectivity index (χ1v) is 8.05. The number of nitrogens with two attached hydrogens (primary N) is 1. The monoisotopic (exact) mass is 318 g/mol. The van der Waals surface area contributed by atoms with Crippen LogP contribution in [0.4, 0.5) is 5.69 Å². The quantitative estimate of drug-likeness (QED) is 0.806. The highest BCUT2D eigenvalue weighted by atomic mass is 32.1. The van der Waals surface area contributed by atoms with Gasteiger partial charge in [-0.3, -0.25) is 4.79 Å². The topological polar surface area (TPSA) is 72.1 Å². The number of aryl methyl sites for hydroxylation is 1. The smallest absolute Gasteiger partial charge is 0.266 e. The number of pyridine rings is 1. The molecule has 0 aromatic carbocycles. The van der Waals surface area contributed by atoms with E-state index >= 15 is 0 Å². The first kappa shape index (κ1) is 14.0. The molecule has 0 aliphatic heterocycles. The van der Waals surface area contributed by atoms with Crippen LogP contribution in [0.5, 0.6) is 0 Å². The minimum atomic E-state index is -0.0962. The lowest BCUT2D eigenvalue weighted by Gasteiger charge is -2.15. The normalized spacial score (nSPS) is 11.0. The average molecular weight is 318 g/mol. The predicted molar refractivity (Wildman–Crippen MR) is 86.7 cm³/mol. The number of aromatic nitrogens is 2. The Labute approximate surface area is 130 Å². The van der Waals surface area contributed by atoms with Gasteiger partial charge in [0.15, 0.2) is 0 Å². The summed E-state index contributed by atoms with van der Waals surface area (Å²) in [7, 11) is 1.76. The zero-order valence-electron chi connectivity index (χ0n) is 11.7. The fraction of sp³-hybridized carbons (Fsp3) is 0.214. The molecule has 21 heavy (non-hydrogen) atoms. The molecule has 0 bridgehead atoms. The molecular formula is C14H14N4OS2. The van der Waals surface area contributed by atoms with E-state index in [1.807, 2.05) is 24.4 Å². The van der Waals surface area contributed by atoms with Gasteiger partial charge in [0.05, 0.1) is 22.9 Å². The number of fused-ring (bicyclic) bond motifs is 1. The van der Waals surface area contributed by atoms with Gasteiger partial charge in [0.1, 0.15) is 9.71 Å². The van der Waals surface area contributed by atoms with Gasteiger partial charge in [0, 0.05) is 24.0 Å². The van der Waals surface area contributed by atoms with Crippen molar-refractivity contribution in [2.45, 2.75) is 13.5 Å². The van der Waals surface area contributed by atoms with Crippen LogP contribution in [0.1, 0.15) is 20.4 Å². The molecule has 108 valence electrons. The molecule has 0 aliphatic carbocycles. The Kier molecular flexibility index (Phi) is 3.60. The van der Waals surface area contributed by atoms with Crippen LogP contribution in [-0.4, -0.2) is 27.8 Å². The summed E-state index contributed by atoms with van der Waals surface area (Å²) in [4.78, 5) is 24.1. The molecule has 1 amide bonds. The molecule has 2 N–H and O–H groups in total. The Morgan fingerprint density at radius 3 is 2.95 bits per heavy atom. The molecule has 3 aromatic heterocycles. The van der Waals surface area contributed by atoms with Crippen LogP contribution in [0.3, 0.4) is 0 Å². The standard InChI is InChI=1S/C14H14N4OS2/c1-8-17-9(7-20-8)6-18(2)14(19)12-11(15)10-4-3-5-16-13(10)21-12/h3-5,7H,6,15H2,1-2H3. The van der Waals surface area contributed by atoms with Gasteiger partial charge >= 0.3 is 0 Å². The highest BCUT2D eigenvalue weighted by Gasteiger charge is 2.20. The maximum Gasteiger partial charge on any atom is 0.266 e. The largest absolute Gasteiger partial charge is 0.397 e. The second-order valence-electron chi connectivity index (χ2n) is 4.72. The SMILES string of the molecule is Cc1nc(CN(C)C(=O)c2sc3ncccc3c2N)cs1. The molecule has 0 saturated heterocycles. The van der Waals surface area contributed by atoms with E-state index in [0.717, 1.165) is 20.9 Å². The first-order chi connectivity index (χ1) is 10.1. The summed E-state index contributed by atoms with van der Waals surface area (Å²) in [5.74, 6) is -0.0962. The van der Waals surface area contributed by atoms with Crippen molar-refractivity contribution in [1.29, 1.82) is 0 Å². The third-order valence-corrected chi connectivity index (χ3v) is 5.05. The van der Waals surface area contributed by atoms with Crippen molar-refractivity contribution in [1.82, 2.24) is 14.9 Å². The van der Waals surface area contributed by atoms with Gasteiger partial charge in [0.25, 0.3) is 5.91 Å². The maximum atomic E-state index is 12.6. The zero-order valence-corrected chi connectivity index (χ0v) is 13.3. The Bertz CT molecular complexity index is 808. The number of carbonyl (C=O) groups excluding carboxylic acids is 1. The molecule has 3 rings (SSSR count). The second-order valence-corrected chi connectivity index (χ2v) is 6.78. The van der Waals surface area contributed by atoms with Crippen molar-refractivity contribution < 1.29 is 4.79 Å². The number of hydrogen-bond donors (Lipinski definition) is 1. The molecule has 0 saturated carbocycles. The van der Waals surface area contributed by atoms with Crippen LogP contribution in [0.2, 0.25) is 0 Å². The van der Waals surface area contributed by atoms with Crippen LogP contribution in [0, 0.1) is 6.92 Å². The van der Waals surface area contributed by atoms with Gasteiger partial charge in [-0.05, 0) is 19.1 Å². The van der Waals surface area contributed by atoms with E-state index in [4.69, 9.17) is 5.73 Å². The van der Waals surface area contributed by atoms with Crippen molar-refractivity contribution >= 4 is 44.5 Å². The predicted octanol–water partition coefficient (Wildman–Crippen LogP) is 2.92. The summed E-state index contributed by atoms with van der Waals surface area (Å²) >= 11 is 2.91. The second kappa shape index (κ2) is 5.42. The van der Waals surface area contributed by atoms with Gasteiger partial charge in [-0.1, -0.05) is 0 Å². The summed E-state index contributed by atoms with van der Waals surface area (Å²) in [6.07, 6.45) is 1.70. The summed E-state index contributed by atoms with van der Waals surface area (Å²) < 4.78 is 0. The zero-order chi connectivity index (χ0) is 15.0. The van der Waals surface area contributed by atoms with Crippen LogP contribution < -0.4 is 5.73 Å². The number of nitrogen functional groups attached to an aromatic ring is 1. The van der Waals surface area contributed by atoms with Crippen molar-refractivity contribution in [3.8, 4) is 0 Å². The average Bonchev–Trinajstić information content (AvgIpc) is 3.03. The lowest BCUT2D eigenvalue weighted by Crippen LogP contribution is -2.26. The van der Waals surface area contributed by atoms with E-state index in [2.05, 4.69) is 9.97 Å². The molecule has 0 atom stereocenters. The van der Waals surface area contributed by atoms with Crippen molar-refractivity contribution in [2.75, 3.05) is 12.8 Å². The van der Waals surface area contributed by atoms with E-state index in [-0.39, 0.29) is 5.91 Å². The molecule has 0 spiro atoms. The molecule has 3 heterocycles. The van der Waals surface area contributed by atoms with Gasteiger partial charge in [0.2, 0.25) is 0 Å². The molecule has 5 nitrogen and oxygen atoms in total. The fourth-order valence-corrected chi connectivity index (χ4v) is 3.74. The van der Waals surface area contributed by atoms with Gasteiger partial charge in [-0.2, -0.15) is 0 Å². The first-order valence-electron chi connectivity index (χ1n) is 6.35. The number of anilines is 1. The number of thiophene rings is 1. The summed E-state index contributed by atoms with van der Waals surface area (Å²) in [6.45, 7) is 2.43. The Morgan fingerprint density at radius 2 is 2.29 bits per heavy atom. The van der Waals surface area contributed by atoms with Crippen molar-refractivity contribution in [2.24, 2.45) is 0 Å². The lowest BCUT2D eigenvalue weighted by atomic mass is 10.2. The van der Waals surface area contributed by atoms with Crippen LogP contribution in [0.15, 0.2) is 23.7 Å². The molecule has 0 fully saturated rings. The summed E-state index contributed by atoms with van der Waals surface area (Å²) in [6, 6.07) is 3.70. The Morgan fingerprint density at radius 1 is 1.48 bits per heavy atom. The van der Waals surface area contributed by atoms with Crippen molar-refractivity contribution in [3.05, 3.63) is 39.3 Å². The summed E-state index contributed by atoms with van der Waals surface area (Å²) in [5.41, 5.74) is 7.49. The molecule has 0 aliphatic rings. The van der Waals surface area contributed by atoms with E-state index in [1.54, 1.807) is 29.5 Å². The number of carbonyl (C=O) groups is 1. The van der Waals surface area contributed by atoms with E-state index in [1.165, 1.54) is 11.3 Å². The molecule has 3 aromatic rings. The number of rotatable bonds is 3. The molecule has 7 heteroatoms. The third kappa shape index (κ3) is 2.62. The molecule has 0 radical (unpaired) electrons. The Balaban J connectivity index is 1.87. The number of thiazole rings is 1. The molecular weight excluding hydrogens is 304 g/mol. The highest BCUT2D eigenvalue weighted by Crippen LogP contribution is 2.32. The lowest BCUT2D eigenvalue weighted by molar-refractivity contribution is 0.0789. The highest BCUT2D eigenvalue weighted by molar-refractivity contribution is 7.21.